The Labute approximate surface area is 186 Å². The molecule has 156 valence electrons. The highest BCUT2D eigenvalue weighted by Crippen LogP contribution is 2.43. The van der Waals surface area contributed by atoms with Gasteiger partial charge in [-0.3, -0.25) is 4.79 Å². The Balaban J connectivity index is 1.76. The summed E-state index contributed by atoms with van der Waals surface area (Å²) in [6, 6.07) is 12.0. The molecule has 31 heavy (non-hydrogen) atoms. The number of anilines is 2. The van der Waals surface area contributed by atoms with Crippen molar-refractivity contribution in [3.05, 3.63) is 74.0 Å². The molecule has 9 nitrogen and oxygen atoms in total. The third-order valence-corrected chi connectivity index (χ3v) is 5.53. The topological polar surface area (TPSA) is 111 Å². The molecule has 1 aliphatic heterocycles. The number of hydrogen-bond acceptors (Lipinski definition) is 7. The van der Waals surface area contributed by atoms with E-state index in [4.69, 9.17) is 27.9 Å². The first-order valence-corrected chi connectivity index (χ1v) is 10.2. The second-order valence-corrected chi connectivity index (χ2v) is 7.63. The third kappa shape index (κ3) is 3.31. The van der Waals surface area contributed by atoms with Crippen LogP contribution < -0.4 is 15.6 Å². The van der Waals surface area contributed by atoms with Gasteiger partial charge >= 0.3 is 0 Å². The number of nitrogens with zero attached hydrogens (tertiary/aromatic N) is 5. The van der Waals surface area contributed by atoms with Crippen molar-refractivity contribution in [3.63, 3.8) is 0 Å². The van der Waals surface area contributed by atoms with Crippen LogP contribution in [0.4, 0.5) is 11.6 Å². The summed E-state index contributed by atoms with van der Waals surface area (Å²) in [6.07, 6.45) is 0. The lowest BCUT2D eigenvalue weighted by atomic mass is 9.92. The van der Waals surface area contributed by atoms with E-state index in [0.717, 1.165) is 11.3 Å². The van der Waals surface area contributed by atoms with E-state index >= 15 is 0 Å². The molecule has 11 heteroatoms. The molecular weight excluding hydrogens is 441 g/mol. The number of nitrogens with one attached hydrogen (secondary N) is 2. The van der Waals surface area contributed by atoms with Gasteiger partial charge in [-0.15, -0.1) is 0 Å². The molecule has 0 spiro atoms. The molecule has 4 aromatic rings. The lowest BCUT2D eigenvalue weighted by molar-refractivity contribution is 0.340. The fourth-order valence-electron chi connectivity index (χ4n) is 3.64. The predicted molar refractivity (Wildman–Crippen MR) is 116 cm³/mol. The monoisotopic (exact) mass is 455 g/mol. The van der Waals surface area contributed by atoms with E-state index in [1.165, 1.54) is 0 Å². The van der Waals surface area contributed by atoms with Crippen LogP contribution in [-0.4, -0.2) is 37.0 Å². The van der Waals surface area contributed by atoms with Crippen LogP contribution in [0.2, 0.25) is 10.0 Å². The standard InChI is InChI=1S/C20H15Cl2N7O2/c1-2-31-12-6-3-10(4-7-12)16-15-17(19(30)25-24-16)23-20-26-27-28-29(20)18(15)13-8-5-11(21)9-14(13)22/h3-9,18H,2H2,1H3,(H,25,30)(H,23,26,28)/t18-/m0/s1. The molecular formula is C20H15Cl2N7O2. The molecule has 0 bridgehead atoms. The maximum Gasteiger partial charge on any atom is 0.288 e. The number of benzene rings is 2. The van der Waals surface area contributed by atoms with Gasteiger partial charge in [0, 0.05) is 26.7 Å². The third-order valence-electron chi connectivity index (χ3n) is 4.96. The first kappa shape index (κ1) is 19.5. The molecule has 2 aromatic carbocycles. The summed E-state index contributed by atoms with van der Waals surface area (Å²) >= 11 is 12.7. The molecule has 0 fully saturated rings. The van der Waals surface area contributed by atoms with Gasteiger partial charge < -0.3 is 10.1 Å². The summed E-state index contributed by atoms with van der Waals surface area (Å²) in [5, 5.41) is 22.7. The number of hydrogen-bond donors (Lipinski definition) is 2. The highest BCUT2D eigenvalue weighted by atomic mass is 35.5. The number of aromatic amines is 1. The zero-order chi connectivity index (χ0) is 21.5. The SMILES string of the molecule is CCOc1ccc(-c2n[nH]c(=O)c3c2[C@H](c2ccc(Cl)cc2Cl)n2nnnc2N3)cc1. The summed E-state index contributed by atoms with van der Waals surface area (Å²) in [7, 11) is 0. The van der Waals surface area contributed by atoms with Crippen LogP contribution in [0.3, 0.4) is 0 Å². The largest absolute Gasteiger partial charge is 0.494 e. The van der Waals surface area contributed by atoms with Crippen molar-refractivity contribution in [1.82, 2.24) is 30.4 Å². The first-order valence-electron chi connectivity index (χ1n) is 9.42. The number of aromatic nitrogens is 6. The van der Waals surface area contributed by atoms with Gasteiger partial charge in [-0.25, -0.2) is 5.10 Å². The molecule has 1 aliphatic rings. The molecule has 2 N–H and O–H groups in total. The van der Waals surface area contributed by atoms with Gasteiger partial charge in [-0.05, 0) is 53.7 Å². The van der Waals surface area contributed by atoms with Crippen molar-refractivity contribution in [3.8, 4) is 17.0 Å². The number of rotatable bonds is 4. The minimum absolute atomic E-state index is 0.303. The highest BCUT2D eigenvalue weighted by molar-refractivity contribution is 6.35. The second-order valence-electron chi connectivity index (χ2n) is 6.79. The van der Waals surface area contributed by atoms with E-state index in [0.29, 0.717) is 45.1 Å². The average Bonchev–Trinajstić information content (AvgIpc) is 3.23. The summed E-state index contributed by atoms with van der Waals surface area (Å²) in [6.45, 7) is 2.48. The van der Waals surface area contributed by atoms with Crippen LogP contribution in [0.1, 0.15) is 24.1 Å². The lowest BCUT2D eigenvalue weighted by Crippen LogP contribution is -2.29. The quantitative estimate of drug-likeness (QED) is 0.423. The van der Waals surface area contributed by atoms with Gasteiger partial charge in [0.15, 0.2) is 0 Å². The maximum atomic E-state index is 12.7. The number of ether oxygens (including phenoxy) is 1. The number of fused-ring (bicyclic) bond motifs is 2. The zero-order valence-corrected chi connectivity index (χ0v) is 17.6. The smallest absolute Gasteiger partial charge is 0.288 e. The van der Waals surface area contributed by atoms with Crippen molar-refractivity contribution in [2.75, 3.05) is 11.9 Å². The number of tetrazole rings is 1. The second kappa shape index (κ2) is 7.68. The summed E-state index contributed by atoms with van der Waals surface area (Å²) in [5.41, 5.74) is 2.52. The average molecular weight is 456 g/mol. The van der Waals surface area contributed by atoms with Crippen LogP contribution >= 0.6 is 23.2 Å². The van der Waals surface area contributed by atoms with Gasteiger partial charge in [0.2, 0.25) is 5.95 Å². The minimum atomic E-state index is -0.595. The van der Waals surface area contributed by atoms with Crippen LogP contribution in [0.5, 0.6) is 5.75 Å². The normalized spacial score (nSPS) is 14.5. The van der Waals surface area contributed by atoms with Crippen molar-refractivity contribution in [2.24, 2.45) is 0 Å². The van der Waals surface area contributed by atoms with Crippen molar-refractivity contribution < 1.29 is 4.74 Å². The van der Waals surface area contributed by atoms with E-state index in [-0.39, 0.29) is 0 Å². The Morgan fingerprint density at radius 2 is 1.97 bits per heavy atom. The molecule has 0 unspecified atom stereocenters. The van der Waals surface area contributed by atoms with Crippen LogP contribution in [-0.2, 0) is 0 Å². The van der Waals surface area contributed by atoms with Gasteiger partial charge in [0.1, 0.15) is 17.5 Å². The summed E-state index contributed by atoms with van der Waals surface area (Å²) in [4.78, 5) is 12.7. The van der Waals surface area contributed by atoms with Crippen molar-refractivity contribution >= 4 is 34.8 Å². The van der Waals surface area contributed by atoms with Crippen molar-refractivity contribution in [1.29, 1.82) is 0 Å². The molecule has 0 saturated carbocycles. The van der Waals surface area contributed by atoms with E-state index in [1.54, 1.807) is 22.9 Å². The summed E-state index contributed by atoms with van der Waals surface area (Å²) < 4.78 is 7.10. The molecule has 5 rings (SSSR count). The fraction of sp³-hybridized carbons (Fsp3) is 0.150. The van der Waals surface area contributed by atoms with Crippen molar-refractivity contribution in [2.45, 2.75) is 13.0 Å². The zero-order valence-electron chi connectivity index (χ0n) is 16.1. The van der Waals surface area contributed by atoms with E-state index in [2.05, 4.69) is 31.0 Å². The number of H-pyrrole nitrogens is 1. The fourth-order valence-corrected chi connectivity index (χ4v) is 4.16. The Hall–Kier alpha value is -3.43. The number of halogens is 2. The van der Waals surface area contributed by atoms with E-state index < -0.39 is 11.6 Å². The molecule has 0 aliphatic carbocycles. The van der Waals surface area contributed by atoms with Gasteiger partial charge in [0.05, 0.1) is 12.3 Å². The molecule has 0 amide bonds. The van der Waals surface area contributed by atoms with Gasteiger partial charge in [0.25, 0.3) is 5.56 Å². The van der Waals surface area contributed by atoms with Gasteiger partial charge in [-0.1, -0.05) is 34.4 Å². The molecule has 3 heterocycles. The predicted octanol–water partition coefficient (Wildman–Crippen LogP) is 3.82. The highest BCUT2D eigenvalue weighted by Gasteiger charge is 2.35. The van der Waals surface area contributed by atoms with Crippen LogP contribution in [0.15, 0.2) is 47.3 Å². The Morgan fingerprint density at radius 1 is 1.16 bits per heavy atom. The molecule has 1 atom stereocenters. The Morgan fingerprint density at radius 3 is 2.71 bits per heavy atom. The van der Waals surface area contributed by atoms with Crippen LogP contribution in [0, 0.1) is 0 Å². The van der Waals surface area contributed by atoms with E-state index in [1.807, 2.05) is 31.2 Å². The molecule has 0 saturated heterocycles. The van der Waals surface area contributed by atoms with Gasteiger partial charge in [-0.2, -0.15) is 9.78 Å². The lowest BCUT2D eigenvalue weighted by Gasteiger charge is -2.28. The van der Waals surface area contributed by atoms with E-state index in [9.17, 15) is 4.79 Å². The summed E-state index contributed by atoms with van der Waals surface area (Å²) in [5.74, 6) is 1.06. The minimum Gasteiger partial charge on any atom is -0.494 e. The maximum absolute atomic E-state index is 12.7. The van der Waals surface area contributed by atoms with Crippen LogP contribution in [0.25, 0.3) is 11.3 Å². The Kier molecular flexibility index (Phi) is 4.84. The molecule has 0 radical (unpaired) electrons. The molecule has 2 aromatic heterocycles. The Bertz CT molecular complexity index is 1330. The first-order chi connectivity index (χ1) is 15.1.